The third-order valence-electron chi connectivity index (χ3n) is 26.3. The highest BCUT2D eigenvalue weighted by atomic mass is 16.7. The molecule has 0 aromatic carbocycles. The molecule has 15 heteroatoms. The van der Waals surface area contributed by atoms with Crippen LogP contribution in [0, 0.1) is 82.9 Å². The van der Waals surface area contributed by atoms with Crippen molar-refractivity contribution in [2.45, 2.75) is 406 Å². The zero-order valence-electron chi connectivity index (χ0n) is 86.9. The van der Waals surface area contributed by atoms with Gasteiger partial charge in [0.2, 0.25) is 0 Å². The summed E-state index contributed by atoms with van der Waals surface area (Å²) in [4.78, 5) is 0. The van der Waals surface area contributed by atoms with Crippen LogP contribution in [0.2, 0.25) is 0 Å². The summed E-state index contributed by atoms with van der Waals surface area (Å²) in [6.45, 7) is 57.1. The Morgan fingerprint density at radius 1 is 0.307 bits per heavy atom. The van der Waals surface area contributed by atoms with E-state index in [9.17, 15) is 15.3 Å². The molecule has 10 atom stereocenters. The van der Waals surface area contributed by atoms with Gasteiger partial charge in [0.1, 0.15) is 0 Å². The number of hydrogen-bond donors (Lipinski definition) is 3. The van der Waals surface area contributed by atoms with Crippen molar-refractivity contribution < 1.29 is 72.2 Å². The van der Waals surface area contributed by atoms with Crippen LogP contribution in [0.4, 0.5) is 0 Å². The Morgan fingerprint density at radius 3 is 0.740 bits per heavy atom. The summed E-state index contributed by atoms with van der Waals surface area (Å²) in [6, 6.07) is 0. The van der Waals surface area contributed by atoms with E-state index in [1.807, 2.05) is 6.08 Å². The zero-order valence-corrected chi connectivity index (χ0v) is 86.9. The van der Waals surface area contributed by atoms with Gasteiger partial charge in [0.05, 0.1) is 18.3 Å². The fourth-order valence-electron chi connectivity index (χ4n) is 20.2. The first-order valence-corrected chi connectivity index (χ1v) is 49.3. The molecule has 0 spiro atoms. The number of rotatable bonds is 47. The molecular weight excluding hydrogens is 1590 g/mol. The molecule has 3 N–H and O–H groups in total. The highest BCUT2D eigenvalue weighted by Crippen LogP contribution is 2.42. The van der Waals surface area contributed by atoms with Crippen molar-refractivity contribution >= 4 is 0 Å². The molecular formula is C112H202O15. The van der Waals surface area contributed by atoms with Crippen LogP contribution in [0.5, 0.6) is 0 Å². The van der Waals surface area contributed by atoms with Crippen LogP contribution < -0.4 is 0 Å². The molecule has 0 bridgehead atoms. The molecule has 0 saturated heterocycles. The molecule has 0 amide bonds. The Kier molecular flexibility index (Phi) is 68.8. The lowest BCUT2D eigenvalue weighted by Gasteiger charge is -2.31. The van der Waals surface area contributed by atoms with Gasteiger partial charge < -0.3 is 72.2 Å². The van der Waals surface area contributed by atoms with Crippen molar-refractivity contribution in [2.24, 2.45) is 82.9 Å². The topological polar surface area (TPSA) is 171 Å². The number of aliphatic hydroxyl groups excluding tert-OH is 3. The number of ether oxygens (including phenoxy) is 12. The second kappa shape index (κ2) is 70.9. The van der Waals surface area contributed by atoms with Gasteiger partial charge in [-0.1, -0.05) is 200 Å². The Bertz CT molecular complexity index is 2950. The monoisotopic (exact) mass is 1790 g/mol. The predicted molar refractivity (Wildman–Crippen MR) is 539 cm³/mol. The molecule has 0 radical (unpaired) electrons. The fraction of sp³-hybridized carbons (Fsp3) is 0.786. The van der Waals surface area contributed by atoms with Gasteiger partial charge in [-0.3, -0.25) is 0 Å². The first kappa shape index (κ1) is 123. The average molecular weight is 1790 g/mol. The van der Waals surface area contributed by atoms with Crippen molar-refractivity contribution in [1.82, 2.24) is 0 Å². The lowest BCUT2D eigenvalue weighted by atomic mass is 9.78. The standard InChI is InChI=1S/3C16H30O3.3C16H28O2.C15H24.CH4/c3*1-11(2)8-13-9-12(3)14(15(17)10-13)6-7-16(18-4)19-5;3*1-12(2)10-14-6-7-15(13(3)11-14)8-9-16(17-4)18-5;1-5-6-7-15-9-8-14(10-12(2)3)11-13(15)4;/h3*11,13,15-17H,6-10H2,1-5H3;7,11-12,14,16H,6,8-10H2,1-5H3;2*7,12,14,16H,3,6,8-11H2,1-2,4-5H3;5,9,12,14H,1,4,6-8,10-11H2,2-3H3;1H4. The quantitative estimate of drug-likeness (QED) is 0.0388. The van der Waals surface area contributed by atoms with Crippen LogP contribution in [-0.4, -0.2) is 157 Å². The Hall–Kier alpha value is -3.72. The second-order valence-corrected chi connectivity index (χ2v) is 40.7. The number of hydrogen-bond acceptors (Lipinski definition) is 15. The molecule has 7 aliphatic carbocycles. The first-order chi connectivity index (χ1) is 59.7. The van der Waals surface area contributed by atoms with Crippen molar-refractivity contribution in [3.8, 4) is 0 Å². The average Bonchev–Trinajstić information content (AvgIpc) is 0.844. The molecule has 15 nitrogen and oxygen atoms in total. The summed E-state index contributed by atoms with van der Waals surface area (Å²) < 4.78 is 62.6. The number of methoxy groups -OCH3 is 12. The Labute approximate surface area is 783 Å². The maximum absolute atomic E-state index is 10.3. The molecule has 0 heterocycles. The maximum atomic E-state index is 10.3. The molecule has 0 aromatic rings. The highest BCUT2D eigenvalue weighted by Gasteiger charge is 2.32. The van der Waals surface area contributed by atoms with Gasteiger partial charge in [-0.25, -0.2) is 0 Å². The minimum atomic E-state index is -0.271. The van der Waals surface area contributed by atoms with Gasteiger partial charge >= 0.3 is 0 Å². The Balaban J connectivity index is 0.00000146. The highest BCUT2D eigenvalue weighted by molar-refractivity contribution is 5.35. The SMILES string of the molecule is C.C=C1CC(CC(C)C)CC=C1CCC(OC)OC.C=C1CC(CC(C)C)CC=C1CCC(OC)OC.C=CCCC1=CCC(CC(C)C)CC1=C.COC(CCC1=C(C)CC(CC(C)C)CC1O)OC.COC(CCC1=C(C)CC(CC(C)C)CC1O)OC.COC(CCC1=C(C)CC(CC(C)C)CC1O)OC.COC(CCC1=CCC(CC(C)C)C=C1C)OC. The molecule has 7 rings (SSSR count). The van der Waals surface area contributed by atoms with E-state index in [1.54, 1.807) is 85.3 Å². The first-order valence-electron chi connectivity index (χ1n) is 49.3. The lowest BCUT2D eigenvalue weighted by Crippen LogP contribution is -2.25. The van der Waals surface area contributed by atoms with E-state index in [0.29, 0.717) is 35.5 Å². The summed E-state index contributed by atoms with van der Waals surface area (Å²) in [5.74, 6) is 10.3. The van der Waals surface area contributed by atoms with Gasteiger partial charge in [0.15, 0.2) is 37.7 Å². The minimum Gasteiger partial charge on any atom is -0.389 e. The minimum absolute atomic E-state index is 0. The summed E-state index contributed by atoms with van der Waals surface area (Å²) >= 11 is 0. The smallest absolute Gasteiger partial charge is 0.157 e. The van der Waals surface area contributed by atoms with E-state index < -0.39 is 0 Å². The van der Waals surface area contributed by atoms with Gasteiger partial charge in [-0.2, -0.15) is 0 Å². The van der Waals surface area contributed by atoms with Crippen LogP contribution in [0.25, 0.3) is 0 Å². The van der Waals surface area contributed by atoms with E-state index in [4.69, 9.17) is 56.8 Å². The van der Waals surface area contributed by atoms with Crippen LogP contribution in [0.1, 0.15) is 350 Å². The van der Waals surface area contributed by atoms with Crippen LogP contribution in [0.3, 0.4) is 0 Å². The van der Waals surface area contributed by atoms with E-state index >= 15 is 0 Å². The van der Waals surface area contributed by atoms with Gasteiger partial charge in [0, 0.05) is 124 Å². The summed E-state index contributed by atoms with van der Waals surface area (Å²) in [7, 11) is 20.1. The maximum Gasteiger partial charge on any atom is 0.157 e. The van der Waals surface area contributed by atoms with Crippen LogP contribution in [0.15, 0.2) is 141 Å². The largest absolute Gasteiger partial charge is 0.389 e. The lowest BCUT2D eigenvalue weighted by molar-refractivity contribution is -0.106. The molecule has 0 fully saturated rings. The summed E-state index contributed by atoms with van der Waals surface area (Å²) in [5, 5.41) is 31.0. The van der Waals surface area contributed by atoms with Crippen molar-refractivity contribution in [3.05, 3.63) is 141 Å². The molecule has 740 valence electrons. The number of aliphatic hydroxyl groups is 3. The van der Waals surface area contributed by atoms with Crippen molar-refractivity contribution in [1.29, 1.82) is 0 Å². The third kappa shape index (κ3) is 53.2. The van der Waals surface area contributed by atoms with Crippen molar-refractivity contribution in [3.63, 3.8) is 0 Å². The zero-order chi connectivity index (χ0) is 95.1. The van der Waals surface area contributed by atoms with Crippen molar-refractivity contribution in [2.75, 3.05) is 85.3 Å². The van der Waals surface area contributed by atoms with Gasteiger partial charge in [-0.05, 0) is 329 Å². The molecule has 10 unspecified atom stereocenters. The molecule has 7 aliphatic rings. The molecule has 0 aliphatic heterocycles. The summed E-state index contributed by atoms with van der Waals surface area (Å²) in [5.41, 5.74) is 19.0. The number of allylic oxidation sites excluding steroid dienone is 17. The molecule has 0 aromatic heterocycles. The summed E-state index contributed by atoms with van der Waals surface area (Å²) in [6.07, 6.45) is 48.9. The van der Waals surface area contributed by atoms with Crippen LogP contribution in [-0.2, 0) is 56.8 Å². The molecule has 127 heavy (non-hydrogen) atoms. The van der Waals surface area contributed by atoms with Crippen LogP contribution >= 0.6 is 0 Å². The van der Waals surface area contributed by atoms with E-state index in [2.05, 4.69) is 181 Å². The third-order valence-corrected chi connectivity index (χ3v) is 26.3. The normalized spacial score (nSPS) is 22.3. The second-order valence-electron chi connectivity index (χ2n) is 40.7. The van der Waals surface area contributed by atoms with Gasteiger partial charge in [0.25, 0.3) is 0 Å². The van der Waals surface area contributed by atoms with Gasteiger partial charge in [-0.15, -0.1) is 6.58 Å². The predicted octanol–water partition coefficient (Wildman–Crippen LogP) is 29.1. The van der Waals surface area contributed by atoms with E-state index in [0.717, 1.165) is 189 Å². The fourth-order valence-corrected chi connectivity index (χ4v) is 20.2. The van der Waals surface area contributed by atoms with E-state index in [1.165, 1.54) is 155 Å². The Morgan fingerprint density at radius 2 is 0.528 bits per heavy atom. The van der Waals surface area contributed by atoms with E-state index in [-0.39, 0.29) is 63.5 Å². The molecule has 0 saturated carbocycles.